The normalized spacial score (nSPS) is 10.8. The highest BCUT2D eigenvalue weighted by molar-refractivity contribution is 7.08. The van der Waals surface area contributed by atoms with Crippen LogP contribution in [-0.4, -0.2) is 16.1 Å². The first-order valence-corrected chi connectivity index (χ1v) is 6.93. The predicted octanol–water partition coefficient (Wildman–Crippen LogP) is 2.86. The molecule has 3 aromatic rings. The fourth-order valence-corrected chi connectivity index (χ4v) is 2.82. The summed E-state index contributed by atoms with van der Waals surface area (Å²) in [6.07, 6.45) is 0. The van der Waals surface area contributed by atoms with Crippen molar-refractivity contribution in [2.75, 3.05) is 0 Å². The fourth-order valence-electron chi connectivity index (χ4n) is 1.96. The Bertz CT molecular complexity index is 729. The van der Waals surface area contributed by atoms with Gasteiger partial charge in [0.2, 0.25) is 0 Å². The molecule has 0 unspecified atom stereocenters. The maximum atomic E-state index is 12.1. The molecule has 2 heterocycles. The van der Waals surface area contributed by atoms with E-state index in [1.54, 1.807) is 11.3 Å². The standard InChI is InChI=1S/C14H13N3OS/c1-9-7-19-8-10(9)6-15-14(18)13-11-4-2-3-5-12(11)16-17-13/h2-5,7-8H,6H2,1H3,(H,15,18)(H,16,17). The van der Waals surface area contributed by atoms with Crippen LogP contribution in [0.25, 0.3) is 10.9 Å². The van der Waals surface area contributed by atoms with Gasteiger partial charge in [-0.2, -0.15) is 16.4 Å². The van der Waals surface area contributed by atoms with Crippen LogP contribution in [0.1, 0.15) is 21.6 Å². The topological polar surface area (TPSA) is 57.8 Å². The third kappa shape index (κ3) is 2.24. The van der Waals surface area contributed by atoms with Gasteiger partial charge in [-0.05, 0) is 34.9 Å². The Balaban J connectivity index is 1.79. The number of thiophene rings is 1. The Kier molecular flexibility index (Phi) is 3.05. The lowest BCUT2D eigenvalue weighted by molar-refractivity contribution is 0.0947. The minimum absolute atomic E-state index is 0.150. The number of fused-ring (bicyclic) bond motifs is 1. The highest BCUT2D eigenvalue weighted by atomic mass is 32.1. The lowest BCUT2D eigenvalue weighted by atomic mass is 10.2. The molecule has 19 heavy (non-hydrogen) atoms. The number of hydrogen-bond donors (Lipinski definition) is 2. The Morgan fingerprint density at radius 2 is 2.21 bits per heavy atom. The number of aromatic amines is 1. The highest BCUT2D eigenvalue weighted by Crippen LogP contribution is 2.16. The molecule has 3 rings (SSSR count). The van der Waals surface area contributed by atoms with Crippen LogP contribution in [0.4, 0.5) is 0 Å². The molecule has 0 atom stereocenters. The first-order chi connectivity index (χ1) is 9.25. The third-order valence-electron chi connectivity index (χ3n) is 3.09. The van der Waals surface area contributed by atoms with Crippen molar-refractivity contribution in [2.45, 2.75) is 13.5 Å². The van der Waals surface area contributed by atoms with Crippen molar-refractivity contribution in [3.8, 4) is 0 Å². The van der Waals surface area contributed by atoms with Crippen molar-refractivity contribution in [2.24, 2.45) is 0 Å². The Morgan fingerprint density at radius 3 is 3.00 bits per heavy atom. The molecular weight excluding hydrogens is 258 g/mol. The second kappa shape index (κ2) is 4.85. The maximum absolute atomic E-state index is 12.1. The number of carbonyl (C=O) groups excluding carboxylic acids is 1. The van der Waals surface area contributed by atoms with E-state index in [2.05, 4.69) is 26.3 Å². The lowest BCUT2D eigenvalue weighted by Crippen LogP contribution is -2.23. The number of hydrogen-bond acceptors (Lipinski definition) is 3. The highest BCUT2D eigenvalue weighted by Gasteiger charge is 2.13. The minimum atomic E-state index is -0.150. The lowest BCUT2D eigenvalue weighted by Gasteiger charge is -2.03. The molecule has 0 aliphatic carbocycles. The van der Waals surface area contributed by atoms with Crippen LogP contribution in [0, 0.1) is 6.92 Å². The number of H-pyrrole nitrogens is 1. The molecule has 0 fully saturated rings. The number of benzene rings is 1. The molecule has 4 nitrogen and oxygen atoms in total. The molecule has 1 aromatic carbocycles. The molecular formula is C14H13N3OS. The van der Waals surface area contributed by atoms with E-state index in [0.29, 0.717) is 12.2 Å². The van der Waals surface area contributed by atoms with Crippen LogP contribution in [0.5, 0.6) is 0 Å². The Hall–Kier alpha value is -2.14. The summed E-state index contributed by atoms with van der Waals surface area (Å²) < 4.78 is 0. The Labute approximate surface area is 114 Å². The monoisotopic (exact) mass is 271 g/mol. The fraction of sp³-hybridized carbons (Fsp3) is 0.143. The molecule has 2 aromatic heterocycles. The molecule has 0 radical (unpaired) electrons. The second-order valence-electron chi connectivity index (χ2n) is 4.38. The van der Waals surface area contributed by atoms with Crippen LogP contribution < -0.4 is 5.32 Å². The molecule has 0 aliphatic heterocycles. The average molecular weight is 271 g/mol. The van der Waals surface area contributed by atoms with Gasteiger partial charge in [-0.1, -0.05) is 18.2 Å². The van der Waals surface area contributed by atoms with Crippen LogP contribution in [0.2, 0.25) is 0 Å². The second-order valence-corrected chi connectivity index (χ2v) is 5.12. The summed E-state index contributed by atoms with van der Waals surface area (Å²) in [7, 11) is 0. The molecule has 0 bridgehead atoms. The van der Waals surface area contributed by atoms with Crippen molar-refractivity contribution >= 4 is 28.1 Å². The van der Waals surface area contributed by atoms with Gasteiger partial charge in [0.1, 0.15) is 0 Å². The number of rotatable bonds is 3. The van der Waals surface area contributed by atoms with Crippen LogP contribution in [-0.2, 0) is 6.54 Å². The van der Waals surface area contributed by atoms with Crippen molar-refractivity contribution in [1.29, 1.82) is 0 Å². The number of aryl methyl sites for hydroxylation is 1. The molecule has 0 saturated heterocycles. The zero-order valence-corrected chi connectivity index (χ0v) is 11.3. The van der Waals surface area contributed by atoms with Gasteiger partial charge in [0.05, 0.1) is 5.52 Å². The zero-order valence-electron chi connectivity index (χ0n) is 10.4. The maximum Gasteiger partial charge on any atom is 0.272 e. The van der Waals surface area contributed by atoms with Gasteiger partial charge in [0.15, 0.2) is 5.69 Å². The quantitative estimate of drug-likeness (QED) is 0.769. The van der Waals surface area contributed by atoms with Gasteiger partial charge in [-0.3, -0.25) is 9.89 Å². The summed E-state index contributed by atoms with van der Waals surface area (Å²) in [5.74, 6) is -0.150. The largest absolute Gasteiger partial charge is 0.347 e. The smallest absolute Gasteiger partial charge is 0.272 e. The van der Waals surface area contributed by atoms with E-state index in [4.69, 9.17) is 0 Å². The van der Waals surface area contributed by atoms with Crippen LogP contribution in [0.15, 0.2) is 35.0 Å². The van der Waals surface area contributed by atoms with Crippen LogP contribution >= 0.6 is 11.3 Å². The molecule has 0 aliphatic rings. The number of nitrogens with zero attached hydrogens (tertiary/aromatic N) is 1. The number of carbonyl (C=O) groups is 1. The zero-order chi connectivity index (χ0) is 13.2. The SMILES string of the molecule is Cc1cscc1CNC(=O)c1n[nH]c2ccccc12. The van der Waals surface area contributed by atoms with Gasteiger partial charge in [0.25, 0.3) is 5.91 Å². The Morgan fingerprint density at radius 1 is 1.37 bits per heavy atom. The minimum Gasteiger partial charge on any atom is -0.347 e. The van der Waals surface area contributed by atoms with E-state index in [0.717, 1.165) is 16.5 Å². The summed E-state index contributed by atoms with van der Waals surface area (Å²) in [6, 6.07) is 7.61. The van der Waals surface area contributed by atoms with Gasteiger partial charge in [-0.15, -0.1) is 0 Å². The summed E-state index contributed by atoms with van der Waals surface area (Å²) in [6.45, 7) is 2.58. The van der Waals surface area contributed by atoms with Gasteiger partial charge in [-0.25, -0.2) is 0 Å². The molecule has 5 heteroatoms. The summed E-state index contributed by atoms with van der Waals surface area (Å²) in [5, 5.41) is 14.8. The average Bonchev–Trinajstić information content (AvgIpc) is 3.02. The van der Waals surface area contributed by atoms with Gasteiger partial charge < -0.3 is 5.32 Å². The van der Waals surface area contributed by atoms with E-state index in [9.17, 15) is 4.79 Å². The summed E-state index contributed by atoms with van der Waals surface area (Å²) in [4.78, 5) is 12.1. The van der Waals surface area contributed by atoms with E-state index in [-0.39, 0.29) is 5.91 Å². The third-order valence-corrected chi connectivity index (χ3v) is 4.00. The molecule has 1 amide bonds. The summed E-state index contributed by atoms with van der Waals surface area (Å²) in [5.41, 5.74) is 3.68. The first-order valence-electron chi connectivity index (χ1n) is 5.98. The number of aromatic nitrogens is 2. The van der Waals surface area contributed by atoms with E-state index >= 15 is 0 Å². The predicted molar refractivity (Wildman–Crippen MR) is 76.3 cm³/mol. The van der Waals surface area contributed by atoms with E-state index in [1.165, 1.54) is 5.56 Å². The molecule has 0 spiro atoms. The van der Waals surface area contributed by atoms with E-state index in [1.807, 2.05) is 31.2 Å². The van der Waals surface area contributed by atoms with E-state index < -0.39 is 0 Å². The summed E-state index contributed by atoms with van der Waals surface area (Å²) >= 11 is 1.64. The van der Waals surface area contributed by atoms with Crippen molar-refractivity contribution in [3.05, 3.63) is 51.8 Å². The van der Waals surface area contributed by atoms with Crippen molar-refractivity contribution < 1.29 is 4.79 Å². The number of para-hydroxylation sites is 1. The van der Waals surface area contributed by atoms with Gasteiger partial charge in [0, 0.05) is 11.9 Å². The molecule has 2 N–H and O–H groups in total. The van der Waals surface area contributed by atoms with Gasteiger partial charge >= 0.3 is 0 Å². The van der Waals surface area contributed by atoms with Crippen molar-refractivity contribution in [3.63, 3.8) is 0 Å². The number of nitrogens with one attached hydrogen (secondary N) is 2. The number of amides is 1. The van der Waals surface area contributed by atoms with Crippen LogP contribution in [0.3, 0.4) is 0 Å². The van der Waals surface area contributed by atoms with Crippen molar-refractivity contribution in [1.82, 2.24) is 15.5 Å². The first kappa shape index (κ1) is 11.9. The molecule has 0 saturated carbocycles. The molecule has 96 valence electrons.